The number of aromatic nitrogens is 1. The molecule has 1 amide bonds. The highest BCUT2D eigenvalue weighted by atomic mass is 19.4. The van der Waals surface area contributed by atoms with Gasteiger partial charge in [-0.2, -0.15) is 23.7 Å². The number of nitrogens with zero attached hydrogens (tertiary/aromatic N) is 4. The number of hydrogen-bond acceptors (Lipinski definition) is 7. The number of hydrogen-bond donors (Lipinski definition) is 2. The van der Waals surface area contributed by atoms with E-state index >= 15 is 4.39 Å². The van der Waals surface area contributed by atoms with Crippen LogP contribution in [0, 0.1) is 39.8 Å². The van der Waals surface area contributed by atoms with Crippen LogP contribution < -0.4 is 11.1 Å². The maximum Gasteiger partial charge on any atom is 0.415 e. The molecule has 2 aromatic rings. The number of benzene rings is 1. The summed E-state index contributed by atoms with van der Waals surface area (Å²) in [6, 6.07) is 9.89. The highest BCUT2D eigenvalue weighted by Crippen LogP contribution is 2.55. The van der Waals surface area contributed by atoms with Gasteiger partial charge in [-0.05, 0) is 43.7 Å². The number of pyridine rings is 1. The Bertz CT molecular complexity index is 1300. The molecule has 0 unspecified atom stereocenters. The molecule has 1 aromatic heterocycles. The number of aliphatic imine (C=N–C) groups is 1. The Hall–Kier alpha value is -4.03. The average Bonchev–Trinajstić information content (AvgIpc) is 3.19. The first-order chi connectivity index (χ1) is 16.4. The molecule has 3 heterocycles. The number of nitrogens with two attached hydrogens (primary N) is 1. The fraction of sp³-hybridized carbons (Fsp3) is 0.348. The van der Waals surface area contributed by atoms with E-state index in [1.807, 2.05) is 12.1 Å². The van der Waals surface area contributed by atoms with Crippen LogP contribution in [0.2, 0.25) is 0 Å². The number of alkyl halides is 3. The first-order valence-corrected chi connectivity index (χ1v) is 10.4. The van der Waals surface area contributed by atoms with Gasteiger partial charge < -0.3 is 15.8 Å². The van der Waals surface area contributed by atoms with Gasteiger partial charge in [0.05, 0.1) is 18.2 Å². The van der Waals surface area contributed by atoms with Crippen LogP contribution in [-0.4, -0.2) is 35.6 Å². The Kier molecular flexibility index (Phi) is 5.73. The SMILES string of the molecule is C[C@@]1(C#N)C[C@H]2[C@H](C(F)(F)F)OC[C@@]2(c2cc(NC(=O)c3ccc(C#N)cn3)ccc2F)N=C1N. The largest absolute Gasteiger partial charge is 0.415 e. The van der Waals surface area contributed by atoms with Crippen molar-refractivity contribution in [2.24, 2.45) is 22.1 Å². The third-order valence-corrected chi connectivity index (χ3v) is 6.36. The van der Waals surface area contributed by atoms with Crippen molar-refractivity contribution < 1.29 is 27.1 Å². The molecule has 3 N–H and O–H groups in total. The fourth-order valence-corrected chi connectivity index (χ4v) is 4.45. The van der Waals surface area contributed by atoms with Gasteiger partial charge in [-0.1, -0.05) is 0 Å². The molecule has 4 rings (SSSR count). The molecule has 12 heteroatoms. The molecule has 0 bridgehead atoms. The predicted octanol–water partition coefficient (Wildman–Crippen LogP) is 3.41. The van der Waals surface area contributed by atoms with Gasteiger partial charge in [0.15, 0.2) is 6.10 Å². The number of nitriles is 2. The van der Waals surface area contributed by atoms with Gasteiger partial charge in [0, 0.05) is 23.4 Å². The van der Waals surface area contributed by atoms with Crippen LogP contribution in [0.4, 0.5) is 23.2 Å². The smallest absolute Gasteiger partial charge is 0.386 e. The van der Waals surface area contributed by atoms with E-state index in [-0.39, 0.29) is 34.8 Å². The van der Waals surface area contributed by atoms with Crippen LogP contribution in [0.25, 0.3) is 0 Å². The average molecular weight is 486 g/mol. The zero-order valence-corrected chi connectivity index (χ0v) is 18.2. The van der Waals surface area contributed by atoms with Crippen molar-refractivity contribution in [3.05, 3.63) is 59.2 Å². The van der Waals surface area contributed by atoms with Crippen molar-refractivity contribution >= 4 is 17.4 Å². The molecule has 1 aromatic carbocycles. The number of amides is 1. The lowest BCUT2D eigenvalue weighted by Crippen LogP contribution is -2.51. The Morgan fingerprint density at radius 2 is 2.03 bits per heavy atom. The topological polar surface area (TPSA) is 137 Å². The molecule has 4 atom stereocenters. The molecule has 0 radical (unpaired) electrons. The van der Waals surface area contributed by atoms with Crippen molar-refractivity contribution in [3.63, 3.8) is 0 Å². The lowest BCUT2D eigenvalue weighted by molar-refractivity contribution is -0.218. The van der Waals surface area contributed by atoms with Crippen molar-refractivity contribution in [2.75, 3.05) is 11.9 Å². The van der Waals surface area contributed by atoms with Gasteiger partial charge in [-0.25, -0.2) is 9.37 Å². The van der Waals surface area contributed by atoms with Gasteiger partial charge >= 0.3 is 6.18 Å². The standard InChI is InChI=1S/C23H18F4N6O2/c1-21(10-29)7-15-18(23(25,26)27)35-11-22(15,33-20(21)30)14-6-13(3-4-16(14)24)32-19(34)17-5-2-12(8-28)9-31-17/h2-6,9,15,18H,7,11H2,1H3,(H2,30,33)(H,32,34)/t15-,18+,21-,22-/m0/s1. The minimum atomic E-state index is -4.78. The van der Waals surface area contributed by atoms with E-state index in [1.54, 1.807) is 0 Å². The van der Waals surface area contributed by atoms with Crippen molar-refractivity contribution in [1.29, 1.82) is 10.5 Å². The van der Waals surface area contributed by atoms with Crippen LogP contribution in [0.5, 0.6) is 0 Å². The van der Waals surface area contributed by atoms with E-state index in [1.165, 1.54) is 37.4 Å². The molecular weight excluding hydrogens is 468 g/mol. The Labute approximate surface area is 197 Å². The van der Waals surface area contributed by atoms with Crippen LogP contribution in [-0.2, 0) is 10.3 Å². The molecule has 0 saturated carbocycles. The van der Waals surface area contributed by atoms with Crippen LogP contribution in [0.3, 0.4) is 0 Å². The minimum Gasteiger partial charge on any atom is -0.386 e. The van der Waals surface area contributed by atoms with Crippen molar-refractivity contribution in [3.8, 4) is 12.1 Å². The number of amidine groups is 1. The Morgan fingerprint density at radius 3 is 2.63 bits per heavy atom. The lowest BCUT2D eigenvalue weighted by atomic mass is 9.66. The van der Waals surface area contributed by atoms with Crippen LogP contribution >= 0.6 is 0 Å². The molecule has 35 heavy (non-hydrogen) atoms. The number of carbonyl (C=O) groups excluding carboxylic acids is 1. The molecule has 2 aliphatic rings. The number of ether oxygens (including phenoxy) is 1. The van der Waals surface area contributed by atoms with Crippen LogP contribution in [0.1, 0.15) is 35.0 Å². The summed E-state index contributed by atoms with van der Waals surface area (Å²) in [6.45, 7) is 0.759. The normalized spacial score (nSPS) is 27.8. The quantitative estimate of drug-likeness (QED) is 0.638. The number of halogens is 4. The van der Waals surface area contributed by atoms with E-state index < -0.39 is 47.5 Å². The zero-order chi connectivity index (χ0) is 25.6. The van der Waals surface area contributed by atoms with Gasteiger partial charge in [0.1, 0.15) is 34.4 Å². The number of fused-ring (bicyclic) bond motifs is 1. The van der Waals surface area contributed by atoms with Gasteiger partial charge in [-0.15, -0.1) is 0 Å². The first kappa shape index (κ1) is 24.1. The second kappa shape index (κ2) is 8.32. The van der Waals surface area contributed by atoms with E-state index in [0.717, 1.165) is 6.07 Å². The summed E-state index contributed by atoms with van der Waals surface area (Å²) in [4.78, 5) is 20.7. The zero-order valence-electron chi connectivity index (χ0n) is 18.2. The summed E-state index contributed by atoms with van der Waals surface area (Å²) in [5.41, 5.74) is 2.69. The number of anilines is 1. The number of nitrogens with one attached hydrogen (secondary N) is 1. The third kappa shape index (κ3) is 4.06. The van der Waals surface area contributed by atoms with Gasteiger partial charge in [0.2, 0.25) is 0 Å². The molecule has 1 fully saturated rings. The molecule has 0 spiro atoms. The van der Waals surface area contributed by atoms with E-state index in [2.05, 4.69) is 15.3 Å². The molecule has 180 valence electrons. The Balaban J connectivity index is 1.76. The molecule has 2 aliphatic heterocycles. The fourth-order valence-electron chi connectivity index (χ4n) is 4.45. The Morgan fingerprint density at radius 1 is 1.29 bits per heavy atom. The predicted molar refractivity (Wildman–Crippen MR) is 114 cm³/mol. The molecule has 8 nitrogen and oxygen atoms in total. The van der Waals surface area contributed by atoms with E-state index in [9.17, 15) is 23.2 Å². The lowest BCUT2D eigenvalue weighted by Gasteiger charge is -2.42. The highest BCUT2D eigenvalue weighted by Gasteiger charge is 2.64. The monoisotopic (exact) mass is 486 g/mol. The maximum atomic E-state index is 15.1. The third-order valence-electron chi connectivity index (χ3n) is 6.36. The van der Waals surface area contributed by atoms with Gasteiger partial charge in [-0.3, -0.25) is 9.79 Å². The molecular formula is C23H18F4N6O2. The highest BCUT2D eigenvalue weighted by molar-refractivity contribution is 6.03. The van der Waals surface area contributed by atoms with Crippen molar-refractivity contribution in [2.45, 2.75) is 31.2 Å². The first-order valence-electron chi connectivity index (χ1n) is 10.4. The molecule has 1 saturated heterocycles. The van der Waals surface area contributed by atoms with Gasteiger partial charge in [0.25, 0.3) is 5.91 Å². The summed E-state index contributed by atoms with van der Waals surface area (Å²) in [7, 11) is 0. The second-order valence-electron chi connectivity index (χ2n) is 8.64. The summed E-state index contributed by atoms with van der Waals surface area (Å²) >= 11 is 0. The summed E-state index contributed by atoms with van der Waals surface area (Å²) in [5, 5.41) is 20.9. The number of carbonyl (C=O) groups is 1. The second-order valence-corrected chi connectivity index (χ2v) is 8.64. The molecule has 0 aliphatic carbocycles. The summed E-state index contributed by atoms with van der Waals surface area (Å²) < 4.78 is 61.6. The minimum absolute atomic E-state index is 0.0306. The van der Waals surface area contributed by atoms with E-state index in [0.29, 0.717) is 0 Å². The van der Waals surface area contributed by atoms with E-state index in [4.69, 9.17) is 15.7 Å². The summed E-state index contributed by atoms with van der Waals surface area (Å²) in [5.74, 6) is -3.20. The maximum absolute atomic E-state index is 15.1. The number of rotatable bonds is 3. The van der Waals surface area contributed by atoms with Crippen molar-refractivity contribution in [1.82, 2.24) is 4.98 Å². The summed E-state index contributed by atoms with van der Waals surface area (Å²) in [6.07, 6.45) is -6.22. The van der Waals surface area contributed by atoms with Crippen LogP contribution in [0.15, 0.2) is 41.5 Å².